The Labute approximate surface area is 89.6 Å². The Balaban J connectivity index is 2.69. The Morgan fingerprint density at radius 1 is 1.13 bits per heavy atom. The molecule has 0 unspecified atom stereocenters. The maximum Gasteiger partial charge on any atom is 0.197 e. The van der Waals surface area contributed by atoms with Crippen LogP contribution in [0.4, 0.5) is 8.78 Å². The number of H-pyrrole nitrogens is 1. The third-order valence-corrected chi connectivity index (χ3v) is 2.12. The average Bonchev–Trinajstić information content (AvgIpc) is 2.23. The summed E-state index contributed by atoms with van der Waals surface area (Å²) >= 11 is 4.75. The molecule has 1 aromatic heterocycles. The summed E-state index contributed by atoms with van der Waals surface area (Å²) < 4.78 is 26.8. The van der Waals surface area contributed by atoms with E-state index in [-0.39, 0.29) is 16.0 Å². The monoisotopic (exact) mass is 224 g/mol. The van der Waals surface area contributed by atoms with Gasteiger partial charge in [0.05, 0.1) is 11.9 Å². The fraction of sp³-hybridized carbons (Fsp3) is 0. The molecule has 0 bridgehead atoms. The largest absolute Gasteiger partial charge is 0.328 e. The molecule has 2 nitrogen and oxygen atoms in total. The van der Waals surface area contributed by atoms with Gasteiger partial charge in [0.25, 0.3) is 0 Å². The molecule has 0 radical (unpaired) electrons. The average molecular weight is 224 g/mol. The van der Waals surface area contributed by atoms with Crippen LogP contribution in [-0.4, -0.2) is 9.97 Å². The lowest BCUT2D eigenvalue weighted by atomic mass is 10.1. The predicted octanol–water partition coefficient (Wildman–Crippen LogP) is 3.08. The van der Waals surface area contributed by atoms with E-state index in [1.54, 1.807) is 6.07 Å². The molecule has 1 N–H and O–H groups in total. The molecule has 1 heterocycles. The Morgan fingerprint density at radius 2 is 1.87 bits per heavy atom. The molecule has 76 valence electrons. The van der Waals surface area contributed by atoms with Gasteiger partial charge >= 0.3 is 0 Å². The van der Waals surface area contributed by atoms with Crippen LogP contribution in [0, 0.1) is 16.4 Å². The quantitative estimate of drug-likeness (QED) is 0.754. The Morgan fingerprint density at radius 3 is 2.60 bits per heavy atom. The van der Waals surface area contributed by atoms with E-state index in [0.29, 0.717) is 0 Å². The molecular weight excluding hydrogens is 218 g/mol. The molecule has 0 atom stereocenters. The second-order valence-corrected chi connectivity index (χ2v) is 3.28. The van der Waals surface area contributed by atoms with Crippen molar-refractivity contribution in [3.05, 3.63) is 46.9 Å². The van der Waals surface area contributed by atoms with E-state index in [4.69, 9.17) is 12.2 Å². The lowest BCUT2D eigenvalue weighted by Crippen LogP contribution is -1.94. The second-order valence-electron chi connectivity index (χ2n) is 2.89. The molecule has 1 aromatic carbocycles. The summed E-state index contributed by atoms with van der Waals surface area (Å²) in [6.45, 7) is 0. The van der Waals surface area contributed by atoms with Gasteiger partial charge in [-0.25, -0.2) is 13.8 Å². The number of hydrogen-bond acceptors (Lipinski definition) is 2. The van der Waals surface area contributed by atoms with Crippen molar-refractivity contribution in [1.82, 2.24) is 9.97 Å². The van der Waals surface area contributed by atoms with Crippen LogP contribution in [0.3, 0.4) is 0 Å². The van der Waals surface area contributed by atoms with Crippen molar-refractivity contribution in [1.29, 1.82) is 0 Å². The van der Waals surface area contributed by atoms with E-state index in [2.05, 4.69) is 9.97 Å². The number of nitrogens with zero attached hydrogens (tertiary/aromatic N) is 1. The van der Waals surface area contributed by atoms with Crippen molar-refractivity contribution < 1.29 is 8.78 Å². The smallest absolute Gasteiger partial charge is 0.197 e. The molecule has 0 aliphatic heterocycles. The highest BCUT2D eigenvalue weighted by Crippen LogP contribution is 2.22. The maximum atomic E-state index is 13.3. The van der Waals surface area contributed by atoms with E-state index >= 15 is 0 Å². The summed E-state index contributed by atoms with van der Waals surface area (Å²) in [6.07, 6.45) is 0.973. The van der Waals surface area contributed by atoms with Crippen LogP contribution in [0.1, 0.15) is 0 Å². The third-order valence-electron chi connectivity index (χ3n) is 1.91. The summed E-state index contributed by atoms with van der Waals surface area (Å²) in [5.74, 6) is -1.14. The van der Waals surface area contributed by atoms with Crippen molar-refractivity contribution in [3.63, 3.8) is 0 Å². The molecule has 0 aliphatic rings. The van der Waals surface area contributed by atoms with Gasteiger partial charge in [-0.05, 0) is 24.4 Å². The number of aromatic amines is 1. The first kappa shape index (κ1) is 9.92. The number of rotatable bonds is 1. The third kappa shape index (κ3) is 1.92. The maximum absolute atomic E-state index is 13.3. The number of nitrogens with one attached hydrogen (secondary N) is 1. The minimum atomic E-state index is -0.631. The fourth-order valence-corrected chi connectivity index (χ4v) is 1.39. The molecule has 5 heteroatoms. The van der Waals surface area contributed by atoms with Crippen LogP contribution in [0.25, 0.3) is 11.3 Å². The van der Waals surface area contributed by atoms with Gasteiger partial charge in [0.1, 0.15) is 5.82 Å². The number of aromatic nitrogens is 2. The molecule has 0 spiro atoms. The molecular formula is C10H6F2N2S. The van der Waals surface area contributed by atoms with Crippen molar-refractivity contribution in [2.45, 2.75) is 0 Å². The van der Waals surface area contributed by atoms with E-state index in [1.807, 2.05) is 0 Å². The summed E-state index contributed by atoms with van der Waals surface area (Å²) in [5.41, 5.74) is 0.164. The minimum Gasteiger partial charge on any atom is -0.328 e. The van der Waals surface area contributed by atoms with Crippen LogP contribution in [0.15, 0.2) is 30.5 Å². The van der Waals surface area contributed by atoms with Crippen LogP contribution in [0.5, 0.6) is 0 Å². The van der Waals surface area contributed by atoms with Gasteiger partial charge in [0, 0.05) is 5.56 Å². The first-order valence-electron chi connectivity index (χ1n) is 4.18. The molecule has 0 fully saturated rings. The van der Waals surface area contributed by atoms with Crippen molar-refractivity contribution >= 4 is 12.2 Å². The summed E-state index contributed by atoms with van der Waals surface area (Å²) in [6, 6.07) is 5.88. The van der Waals surface area contributed by atoms with E-state index in [9.17, 15) is 8.78 Å². The highest BCUT2D eigenvalue weighted by molar-refractivity contribution is 7.71. The molecule has 0 saturated carbocycles. The van der Waals surface area contributed by atoms with E-state index in [1.165, 1.54) is 18.2 Å². The molecule has 0 amide bonds. The zero-order chi connectivity index (χ0) is 10.8. The number of halogens is 2. The van der Waals surface area contributed by atoms with Gasteiger partial charge in [-0.15, -0.1) is 0 Å². The van der Waals surface area contributed by atoms with Gasteiger partial charge in [-0.2, -0.15) is 0 Å². The van der Waals surface area contributed by atoms with Gasteiger partial charge in [-0.3, -0.25) is 0 Å². The first-order valence-corrected chi connectivity index (χ1v) is 4.59. The lowest BCUT2D eigenvalue weighted by molar-refractivity contribution is 0.605. The second kappa shape index (κ2) is 3.86. The summed E-state index contributed by atoms with van der Waals surface area (Å²) in [4.78, 5) is 6.08. The van der Waals surface area contributed by atoms with Crippen LogP contribution in [-0.2, 0) is 0 Å². The minimum absolute atomic E-state index is 0.0214. The van der Waals surface area contributed by atoms with Crippen molar-refractivity contribution in [2.75, 3.05) is 0 Å². The molecule has 2 aromatic rings. The SMILES string of the molecule is Fc1ccccc1-c1[nH]c(=S)ncc1F. The van der Waals surface area contributed by atoms with Crippen molar-refractivity contribution in [3.8, 4) is 11.3 Å². The standard InChI is InChI=1S/C10H6F2N2S/c11-7-4-2-1-3-6(7)9-8(12)5-13-10(15)14-9/h1-5H,(H,13,14,15). The van der Waals surface area contributed by atoms with Crippen LogP contribution in [0.2, 0.25) is 0 Å². The Bertz CT molecular complexity index is 551. The molecule has 0 saturated heterocycles. The fourth-order valence-electron chi connectivity index (χ4n) is 1.24. The van der Waals surface area contributed by atoms with Crippen molar-refractivity contribution in [2.24, 2.45) is 0 Å². The Kier molecular flexibility index (Phi) is 2.55. The van der Waals surface area contributed by atoms with Crippen LogP contribution < -0.4 is 0 Å². The predicted molar refractivity (Wildman–Crippen MR) is 54.8 cm³/mol. The topological polar surface area (TPSA) is 28.7 Å². The summed E-state index contributed by atoms with van der Waals surface area (Å²) in [5, 5.41) is 0. The number of hydrogen-bond donors (Lipinski definition) is 1. The van der Waals surface area contributed by atoms with Gasteiger partial charge in [0.15, 0.2) is 10.6 Å². The highest BCUT2D eigenvalue weighted by Gasteiger charge is 2.09. The molecule has 15 heavy (non-hydrogen) atoms. The van der Waals surface area contributed by atoms with Gasteiger partial charge < -0.3 is 4.98 Å². The highest BCUT2D eigenvalue weighted by atomic mass is 32.1. The normalized spacial score (nSPS) is 10.3. The van der Waals surface area contributed by atoms with Crippen LogP contribution >= 0.6 is 12.2 Å². The number of benzene rings is 1. The Hall–Kier alpha value is -1.62. The van der Waals surface area contributed by atoms with Gasteiger partial charge in [0.2, 0.25) is 0 Å². The first-order chi connectivity index (χ1) is 7.18. The lowest BCUT2D eigenvalue weighted by Gasteiger charge is -2.03. The molecule has 0 aliphatic carbocycles. The van der Waals surface area contributed by atoms with Gasteiger partial charge in [-0.1, -0.05) is 12.1 Å². The zero-order valence-corrected chi connectivity index (χ0v) is 8.31. The van der Waals surface area contributed by atoms with E-state index < -0.39 is 11.6 Å². The molecule has 2 rings (SSSR count). The zero-order valence-electron chi connectivity index (χ0n) is 7.50. The summed E-state index contributed by atoms with van der Waals surface area (Å²) in [7, 11) is 0. The van der Waals surface area contributed by atoms with E-state index in [0.717, 1.165) is 6.20 Å².